The van der Waals surface area contributed by atoms with Gasteiger partial charge in [-0.3, -0.25) is 4.79 Å². The number of nitrogens with zero attached hydrogens (tertiary/aromatic N) is 1. The van der Waals surface area contributed by atoms with Gasteiger partial charge >= 0.3 is 0 Å². The van der Waals surface area contributed by atoms with Crippen molar-refractivity contribution in [3.63, 3.8) is 0 Å². The van der Waals surface area contributed by atoms with Crippen LogP contribution in [0.1, 0.15) is 55.8 Å². The zero-order valence-corrected chi connectivity index (χ0v) is 18.0. The zero-order valence-electron chi connectivity index (χ0n) is 17.2. The fourth-order valence-corrected chi connectivity index (χ4v) is 5.09. The summed E-state index contributed by atoms with van der Waals surface area (Å²) in [5.41, 5.74) is 3.53. The molecule has 2 fully saturated rings. The number of anilines is 1. The average molecular weight is 439 g/mol. The first-order valence-electron chi connectivity index (χ1n) is 10.9. The highest BCUT2D eigenvalue weighted by Crippen LogP contribution is 2.35. The molecule has 2 saturated carbocycles. The lowest BCUT2D eigenvalue weighted by Crippen LogP contribution is -2.25. The maximum Gasteiger partial charge on any atom is 0.240 e. The maximum absolute atomic E-state index is 12.4. The molecule has 2 aliphatic carbocycles. The minimum atomic E-state index is -3.44. The van der Waals surface area contributed by atoms with Crippen LogP contribution in [-0.4, -0.2) is 30.3 Å². The van der Waals surface area contributed by atoms with Gasteiger partial charge in [0.1, 0.15) is 5.82 Å². The van der Waals surface area contributed by atoms with Crippen LogP contribution in [0.25, 0.3) is 11.0 Å². The quantitative estimate of drug-likeness (QED) is 0.497. The van der Waals surface area contributed by atoms with Crippen LogP contribution in [0.4, 0.5) is 5.69 Å². The predicted octanol–water partition coefficient (Wildman–Crippen LogP) is 3.84. The number of carbonyl (C=O) groups is 1. The number of aryl methyl sites for hydroxylation is 1. The van der Waals surface area contributed by atoms with E-state index in [-0.39, 0.29) is 16.8 Å². The van der Waals surface area contributed by atoms with Crippen molar-refractivity contribution in [2.24, 2.45) is 0 Å². The molecular formula is C23H26N4O3S. The minimum absolute atomic E-state index is 0.0785. The van der Waals surface area contributed by atoms with Crippen LogP contribution in [0.2, 0.25) is 0 Å². The van der Waals surface area contributed by atoms with Gasteiger partial charge < -0.3 is 10.3 Å². The van der Waals surface area contributed by atoms with Gasteiger partial charge in [0.05, 0.1) is 15.9 Å². The summed E-state index contributed by atoms with van der Waals surface area (Å²) in [5, 5.41) is 2.94. The molecule has 0 unspecified atom stereocenters. The summed E-state index contributed by atoms with van der Waals surface area (Å²) in [6.45, 7) is 0. The van der Waals surface area contributed by atoms with E-state index in [1.54, 1.807) is 24.3 Å². The summed E-state index contributed by atoms with van der Waals surface area (Å²) in [5.74, 6) is 1.50. The number of H-pyrrole nitrogens is 1. The molecule has 2 aromatic carbocycles. The molecule has 0 radical (unpaired) electrons. The Labute approximate surface area is 181 Å². The van der Waals surface area contributed by atoms with E-state index in [0.29, 0.717) is 18.8 Å². The first kappa shape index (κ1) is 20.2. The highest BCUT2D eigenvalue weighted by atomic mass is 32.2. The third kappa shape index (κ3) is 4.65. The number of aromatic amines is 1. The molecule has 3 N–H and O–H groups in total. The summed E-state index contributed by atoms with van der Waals surface area (Å²) in [7, 11) is -3.44. The second kappa shape index (κ2) is 8.09. The molecule has 162 valence electrons. The Balaban J connectivity index is 1.17. The number of hydrogen-bond acceptors (Lipinski definition) is 4. The molecule has 1 aromatic heterocycles. The number of benzene rings is 2. The Kier molecular flexibility index (Phi) is 5.27. The van der Waals surface area contributed by atoms with E-state index in [2.05, 4.69) is 20.0 Å². The summed E-state index contributed by atoms with van der Waals surface area (Å²) < 4.78 is 27.1. The molecule has 7 nitrogen and oxygen atoms in total. The fourth-order valence-electron chi connectivity index (χ4n) is 3.79. The number of rotatable bonds is 8. The minimum Gasteiger partial charge on any atom is -0.342 e. The van der Waals surface area contributed by atoms with E-state index in [0.717, 1.165) is 41.0 Å². The Morgan fingerprint density at radius 2 is 1.84 bits per heavy atom. The molecule has 0 spiro atoms. The highest BCUT2D eigenvalue weighted by molar-refractivity contribution is 7.89. The van der Waals surface area contributed by atoms with E-state index in [9.17, 15) is 13.2 Å². The second-order valence-electron chi connectivity index (χ2n) is 8.57. The van der Waals surface area contributed by atoms with Gasteiger partial charge in [-0.15, -0.1) is 0 Å². The summed E-state index contributed by atoms with van der Waals surface area (Å²) in [6.07, 6.45) is 6.31. The first-order valence-corrected chi connectivity index (χ1v) is 12.4. The molecule has 0 bridgehead atoms. The summed E-state index contributed by atoms with van der Waals surface area (Å²) in [6, 6.07) is 12.6. The molecule has 0 saturated heterocycles. The molecule has 8 heteroatoms. The number of aromatic nitrogens is 2. The van der Waals surface area contributed by atoms with Crippen molar-refractivity contribution in [2.75, 3.05) is 5.32 Å². The van der Waals surface area contributed by atoms with E-state index in [4.69, 9.17) is 0 Å². The van der Waals surface area contributed by atoms with Crippen LogP contribution in [0.5, 0.6) is 0 Å². The van der Waals surface area contributed by atoms with Gasteiger partial charge in [0.25, 0.3) is 0 Å². The normalized spacial score (nSPS) is 16.9. The highest BCUT2D eigenvalue weighted by Gasteiger charge is 2.27. The number of nitrogens with one attached hydrogen (secondary N) is 3. The van der Waals surface area contributed by atoms with E-state index in [1.807, 2.05) is 18.2 Å². The van der Waals surface area contributed by atoms with Crippen LogP contribution in [0.3, 0.4) is 0 Å². The van der Waals surface area contributed by atoms with Crippen molar-refractivity contribution >= 4 is 32.7 Å². The first-order chi connectivity index (χ1) is 15.0. The monoisotopic (exact) mass is 438 g/mol. The van der Waals surface area contributed by atoms with Crippen LogP contribution in [-0.2, 0) is 21.2 Å². The van der Waals surface area contributed by atoms with Crippen molar-refractivity contribution in [3.8, 4) is 0 Å². The van der Waals surface area contributed by atoms with Crippen molar-refractivity contribution in [1.29, 1.82) is 0 Å². The molecule has 1 amide bonds. The lowest BCUT2D eigenvalue weighted by Gasteiger charge is -2.22. The van der Waals surface area contributed by atoms with E-state index >= 15 is 0 Å². The third-order valence-electron chi connectivity index (χ3n) is 6.05. The van der Waals surface area contributed by atoms with E-state index < -0.39 is 10.0 Å². The van der Waals surface area contributed by atoms with Crippen molar-refractivity contribution in [1.82, 2.24) is 14.7 Å². The lowest BCUT2D eigenvalue weighted by molar-refractivity contribution is -0.116. The summed E-state index contributed by atoms with van der Waals surface area (Å²) in [4.78, 5) is 20.7. The van der Waals surface area contributed by atoms with Gasteiger partial charge in [-0.25, -0.2) is 18.1 Å². The molecule has 31 heavy (non-hydrogen) atoms. The molecular weight excluding hydrogens is 412 g/mol. The number of hydrogen-bond donors (Lipinski definition) is 3. The van der Waals surface area contributed by atoms with Gasteiger partial charge in [-0.1, -0.05) is 18.6 Å². The third-order valence-corrected chi connectivity index (χ3v) is 7.59. The smallest absolute Gasteiger partial charge is 0.240 e. The van der Waals surface area contributed by atoms with Crippen molar-refractivity contribution < 1.29 is 13.2 Å². The van der Waals surface area contributed by atoms with Crippen molar-refractivity contribution in [3.05, 3.63) is 53.9 Å². The van der Waals surface area contributed by atoms with E-state index in [1.165, 1.54) is 19.3 Å². The SMILES string of the molecule is O=C(CCc1ccc(S(=O)(=O)NC2CC2)cc1)Nc1ccc2nc(C3CCC3)[nH]c2c1. The predicted molar refractivity (Wildman–Crippen MR) is 119 cm³/mol. The molecule has 3 aromatic rings. The standard InChI is InChI=1S/C23H26N4O3S/c28-22(13-6-15-4-10-19(11-5-15)31(29,30)27-17-7-8-17)24-18-9-12-20-21(14-18)26-23(25-20)16-2-1-3-16/h4-5,9-12,14,16-17,27H,1-3,6-8,13H2,(H,24,28)(H,25,26). The van der Waals surface area contributed by atoms with Crippen LogP contribution in [0, 0.1) is 0 Å². The van der Waals surface area contributed by atoms with Crippen LogP contribution in [0.15, 0.2) is 47.4 Å². The van der Waals surface area contributed by atoms with Crippen LogP contribution < -0.4 is 10.0 Å². The largest absolute Gasteiger partial charge is 0.342 e. The van der Waals surface area contributed by atoms with Gasteiger partial charge in [-0.05, 0) is 68.0 Å². The Bertz CT molecular complexity index is 1210. The van der Waals surface area contributed by atoms with Gasteiger partial charge in [-0.2, -0.15) is 0 Å². The molecule has 0 aliphatic heterocycles. The molecule has 0 atom stereocenters. The van der Waals surface area contributed by atoms with Gasteiger partial charge in [0.15, 0.2) is 0 Å². The Morgan fingerprint density at radius 3 is 2.52 bits per heavy atom. The number of sulfonamides is 1. The fraction of sp³-hybridized carbons (Fsp3) is 0.391. The summed E-state index contributed by atoms with van der Waals surface area (Å²) >= 11 is 0. The number of carbonyl (C=O) groups excluding carboxylic acids is 1. The van der Waals surface area contributed by atoms with Crippen molar-refractivity contribution in [2.45, 2.75) is 61.8 Å². The average Bonchev–Trinajstić information content (AvgIpc) is 3.41. The second-order valence-corrected chi connectivity index (χ2v) is 10.3. The molecule has 2 aliphatic rings. The number of amides is 1. The molecule has 5 rings (SSSR count). The Hall–Kier alpha value is -2.71. The number of imidazole rings is 1. The van der Waals surface area contributed by atoms with Gasteiger partial charge in [0.2, 0.25) is 15.9 Å². The van der Waals surface area contributed by atoms with Crippen LogP contribution >= 0.6 is 0 Å². The topological polar surface area (TPSA) is 104 Å². The zero-order chi connectivity index (χ0) is 21.4. The number of fused-ring (bicyclic) bond motifs is 1. The Morgan fingerprint density at radius 1 is 1.06 bits per heavy atom. The molecule has 1 heterocycles. The maximum atomic E-state index is 12.4. The lowest BCUT2D eigenvalue weighted by atomic mass is 9.85. The van der Waals surface area contributed by atoms with Gasteiger partial charge in [0, 0.05) is 24.1 Å².